The van der Waals surface area contributed by atoms with Gasteiger partial charge in [-0.05, 0) is 53.6 Å². The van der Waals surface area contributed by atoms with Gasteiger partial charge < -0.3 is 19.7 Å². The van der Waals surface area contributed by atoms with E-state index in [0.717, 1.165) is 59.8 Å². The molecule has 7 heteroatoms. The third-order valence-corrected chi connectivity index (χ3v) is 5.90. The van der Waals surface area contributed by atoms with Crippen LogP contribution >= 0.6 is 11.6 Å². The summed E-state index contributed by atoms with van der Waals surface area (Å²) in [6.07, 6.45) is 1.56. The van der Waals surface area contributed by atoms with Crippen LogP contribution in [0.4, 0.5) is 17.2 Å². The normalized spacial score (nSPS) is 13.9. The van der Waals surface area contributed by atoms with Gasteiger partial charge >= 0.3 is 0 Å². The summed E-state index contributed by atoms with van der Waals surface area (Å²) in [6, 6.07) is 20.4. The molecule has 1 aliphatic rings. The molecule has 0 radical (unpaired) electrons. The Morgan fingerprint density at radius 3 is 2.62 bits per heavy atom. The lowest BCUT2D eigenvalue weighted by Gasteiger charge is -2.29. The summed E-state index contributed by atoms with van der Waals surface area (Å²) >= 11 is 6.29. The number of ether oxygens (including phenoxy) is 2. The Labute approximate surface area is 191 Å². The number of morpholine rings is 1. The Bertz CT molecular complexity index is 1260. The van der Waals surface area contributed by atoms with Crippen molar-refractivity contribution < 1.29 is 9.47 Å². The van der Waals surface area contributed by atoms with Gasteiger partial charge in [0.25, 0.3) is 0 Å². The van der Waals surface area contributed by atoms with Crippen LogP contribution in [0.5, 0.6) is 5.75 Å². The van der Waals surface area contributed by atoms with E-state index >= 15 is 0 Å². The maximum atomic E-state index is 6.29. The van der Waals surface area contributed by atoms with Gasteiger partial charge in [0.2, 0.25) is 0 Å². The fourth-order valence-corrected chi connectivity index (χ4v) is 4.18. The first kappa shape index (κ1) is 20.5. The Kier molecular flexibility index (Phi) is 5.79. The highest BCUT2D eigenvalue weighted by Crippen LogP contribution is 2.32. The van der Waals surface area contributed by atoms with Gasteiger partial charge in [0.05, 0.1) is 30.9 Å². The molecular formula is C25H23ClN4O2. The minimum absolute atomic E-state index is 0.538. The quantitative estimate of drug-likeness (QED) is 0.434. The number of hydrogen-bond donors (Lipinski definition) is 1. The summed E-state index contributed by atoms with van der Waals surface area (Å²) < 4.78 is 10.7. The highest BCUT2D eigenvalue weighted by molar-refractivity contribution is 6.32. The fourth-order valence-electron chi connectivity index (χ4n) is 3.92. The molecule has 0 spiro atoms. The van der Waals surface area contributed by atoms with E-state index in [9.17, 15) is 0 Å². The lowest BCUT2D eigenvalue weighted by Crippen LogP contribution is -2.36. The van der Waals surface area contributed by atoms with E-state index in [0.29, 0.717) is 10.8 Å². The molecule has 4 aromatic rings. The van der Waals surface area contributed by atoms with Crippen molar-refractivity contribution in [2.75, 3.05) is 43.6 Å². The molecule has 0 saturated carbocycles. The topological polar surface area (TPSA) is 59.5 Å². The number of nitrogens with one attached hydrogen (secondary N) is 1. The molecular weight excluding hydrogens is 424 g/mol. The maximum Gasteiger partial charge on any atom is 0.141 e. The van der Waals surface area contributed by atoms with Gasteiger partial charge in [-0.3, -0.25) is 0 Å². The summed E-state index contributed by atoms with van der Waals surface area (Å²) in [4.78, 5) is 11.3. The lowest BCUT2D eigenvalue weighted by molar-refractivity contribution is 0.122. The van der Waals surface area contributed by atoms with E-state index in [1.165, 1.54) is 5.69 Å². The zero-order chi connectivity index (χ0) is 21.9. The SMILES string of the molecule is COc1ccc(Nc2ncnc3ccc(-c4cccc(N5CCOCC5)c4)cc23)cc1Cl. The van der Waals surface area contributed by atoms with Crippen LogP contribution in [0.25, 0.3) is 22.0 Å². The minimum Gasteiger partial charge on any atom is -0.495 e. The standard InChI is InChI=1S/C25H23ClN4O2/c1-31-24-8-6-19(15-22(24)26)29-25-21-14-18(5-7-23(21)27-16-28-25)17-3-2-4-20(13-17)30-9-11-32-12-10-30/h2-8,13-16H,9-12H2,1H3,(H,27,28,29). The number of aromatic nitrogens is 2. The molecule has 162 valence electrons. The number of methoxy groups -OCH3 is 1. The summed E-state index contributed by atoms with van der Waals surface area (Å²) in [5.74, 6) is 1.36. The van der Waals surface area contributed by atoms with Gasteiger partial charge in [-0.1, -0.05) is 29.8 Å². The van der Waals surface area contributed by atoms with Crippen LogP contribution in [-0.2, 0) is 4.74 Å². The third kappa shape index (κ3) is 4.20. The minimum atomic E-state index is 0.538. The molecule has 1 aromatic heterocycles. The highest BCUT2D eigenvalue weighted by Gasteiger charge is 2.13. The Morgan fingerprint density at radius 2 is 1.81 bits per heavy atom. The van der Waals surface area contributed by atoms with E-state index in [2.05, 4.69) is 56.6 Å². The number of nitrogens with zero attached hydrogens (tertiary/aromatic N) is 3. The summed E-state index contributed by atoms with van der Waals surface area (Å²) in [5, 5.41) is 4.84. The van der Waals surface area contributed by atoms with Crippen molar-refractivity contribution in [1.29, 1.82) is 0 Å². The first-order valence-corrected chi connectivity index (χ1v) is 10.9. The largest absolute Gasteiger partial charge is 0.495 e. The second kappa shape index (κ2) is 9.02. The summed E-state index contributed by atoms with van der Waals surface area (Å²) in [5.41, 5.74) is 5.17. The van der Waals surface area contributed by atoms with E-state index < -0.39 is 0 Å². The molecule has 1 saturated heterocycles. The predicted molar refractivity (Wildman–Crippen MR) is 129 cm³/mol. The van der Waals surface area contributed by atoms with Gasteiger partial charge in [0, 0.05) is 29.9 Å². The van der Waals surface area contributed by atoms with Crippen molar-refractivity contribution in [3.05, 3.63) is 72.0 Å². The molecule has 0 amide bonds. The van der Waals surface area contributed by atoms with Gasteiger partial charge in [-0.15, -0.1) is 0 Å². The number of anilines is 3. The molecule has 0 atom stereocenters. The van der Waals surface area contributed by atoms with Crippen LogP contribution in [-0.4, -0.2) is 43.4 Å². The molecule has 1 N–H and O–H groups in total. The summed E-state index contributed by atoms with van der Waals surface area (Å²) in [7, 11) is 1.60. The number of benzene rings is 3. The van der Waals surface area contributed by atoms with E-state index in [1.54, 1.807) is 13.4 Å². The predicted octanol–water partition coefficient (Wildman–Crippen LogP) is 5.54. The second-order valence-electron chi connectivity index (χ2n) is 7.58. The van der Waals surface area contributed by atoms with Crippen LogP contribution < -0.4 is 15.0 Å². The second-order valence-corrected chi connectivity index (χ2v) is 7.99. The molecule has 0 bridgehead atoms. The molecule has 1 fully saturated rings. The van der Waals surface area contributed by atoms with Crippen molar-refractivity contribution in [3.63, 3.8) is 0 Å². The smallest absolute Gasteiger partial charge is 0.141 e. The monoisotopic (exact) mass is 446 g/mol. The lowest BCUT2D eigenvalue weighted by atomic mass is 10.0. The molecule has 0 unspecified atom stereocenters. The Hall–Kier alpha value is -3.35. The van der Waals surface area contributed by atoms with Crippen molar-refractivity contribution in [3.8, 4) is 16.9 Å². The van der Waals surface area contributed by atoms with Crippen LogP contribution in [0.2, 0.25) is 5.02 Å². The summed E-state index contributed by atoms with van der Waals surface area (Å²) in [6.45, 7) is 3.35. The van der Waals surface area contributed by atoms with E-state index in [4.69, 9.17) is 21.1 Å². The molecule has 3 aromatic carbocycles. The Balaban J connectivity index is 1.49. The van der Waals surface area contributed by atoms with Crippen molar-refractivity contribution in [2.24, 2.45) is 0 Å². The number of rotatable bonds is 5. The molecule has 5 rings (SSSR count). The highest BCUT2D eigenvalue weighted by atomic mass is 35.5. The van der Waals surface area contributed by atoms with Crippen LogP contribution in [0.3, 0.4) is 0 Å². The fraction of sp³-hybridized carbons (Fsp3) is 0.200. The van der Waals surface area contributed by atoms with Gasteiger partial charge in [0.1, 0.15) is 17.9 Å². The van der Waals surface area contributed by atoms with Crippen LogP contribution in [0.15, 0.2) is 67.0 Å². The first-order chi connectivity index (χ1) is 15.7. The molecule has 2 heterocycles. The first-order valence-electron chi connectivity index (χ1n) is 10.5. The zero-order valence-electron chi connectivity index (χ0n) is 17.7. The average molecular weight is 447 g/mol. The van der Waals surface area contributed by atoms with Crippen molar-refractivity contribution >= 4 is 39.7 Å². The van der Waals surface area contributed by atoms with Crippen LogP contribution in [0, 0.1) is 0 Å². The van der Waals surface area contributed by atoms with E-state index in [-0.39, 0.29) is 0 Å². The Morgan fingerprint density at radius 1 is 0.969 bits per heavy atom. The van der Waals surface area contributed by atoms with Gasteiger partial charge in [-0.25, -0.2) is 9.97 Å². The number of fused-ring (bicyclic) bond motifs is 1. The van der Waals surface area contributed by atoms with Gasteiger partial charge in [-0.2, -0.15) is 0 Å². The maximum absolute atomic E-state index is 6.29. The molecule has 6 nitrogen and oxygen atoms in total. The van der Waals surface area contributed by atoms with Crippen molar-refractivity contribution in [1.82, 2.24) is 9.97 Å². The zero-order valence-corrected chi connectivity index (χ0v) is 18.5. The van der Waals surface area contributed by atoms with Crippen molar-refractivity contribution in [2.45, 2.75) is 0 Å². The van der Waals surface area contributed by atoms with E-state index in [1.807, 2.05) is 24.3 Å². The number of halogens is 1. The van der Waals surface area contributed by atoms with Crippen LogP contribution in [0.1, 0.15) is 0 Å². The number of hydrogen-bond acceptors (Lipinski definition) is 6. The molecule has 1 aliphatic heterocycles. The molecule has 32 heavy (non-hydrogen) atoms. The average Bonchev–Trinajstić information content (AvgIpc) is 2.85. The molecule has 0 aliphatic carbocycles. The van der Waals surface area contributed by atoms with Gasteiger partial charge in [0.15, 0.2) is 0 Å². The third-order valence-electron chi connectivity index (χ3n) is 5.61.